The highest BCUT2D eigenvalue weighted by molar-refractivity contribution is 5.90. The summed E-state index contributed by atoms with van der Waals surface area (Å²) in [5, 5.41) is 16.8. The lowest BCUT2D eigenvalue weighted by molar-refractivity contribution is 0.0695. The lowest BCUT2D eigenvalue weighted by atomic mass is 10.00. The van der Waals surface area contributed by atoms with Gasteiger partial charge >= 0.3 is 5.97 Å². The normalized spacial score (nSPS) is 20.5. The summed E-state index contributed by atoms with van der Waals surface area (Å²) in [6, 6.07) is 0. The Labute approximate surface area is 101 Å². The Morgan fingerprint density at radius 1 is 1.59 bits per heavy atom. The molecule has 1 aromatic heterocycles. The predicted octanol–water partition coefficient (Wildman–Crippen LogP) is 1.20. The van der Waals surface area contributed by atoms with Crippen molar-refractivity contribution in [2.75, 3.05) is 13.1 Å². The van der Waals surface area contributed by atoms with E-state index in [-0.39, 0.29) is 0 Å². The van der Waals surface area contributed by atoms with Crippen LogP contribution in [0.2, 0.25) is 0 Å². The number of nitrogens with zero attached hydrogens (tertiary/aromatic N) is 2. The van der Waals surface area contributed by atoms with Gasteiger partial charge in [0.2, 0.25) is 0 Å². The van der Waals surface area contributed by atoms with Crippen LogP contribution in [-0.2, 0) is 6.54 Å². The van der Waals surface area contributed by atoms with Crippen LogP contribution < -0.4 is 5.32 Å². The van der Waals surface area contributed by atoms with Crippen LogP contribution in [0.25, 0.3) is 0 Å². The third-order valence-corrected chi connectivity index (χ3v) is 3.43. The zero-order valence-electron chi connectivity index (χ0n) is 10.4. The van der Waals surface area contributed by atoms with Gasteiger partial charge in [0, 0.05) is 6.54 Å². The molecule has 5 nitrogen and oxygen atoms in total. The standard InChI is InChI=1S/C12H19N3O2/c1-8-11(12(16)17)9(2)15(14-8)7-10-4-3-5-13-6-10/h10,13H,3-7H2,1-2H3,(H,16,17). The lowest BCUT2D eigenvalue weighted by Crippen LogP contribution is -2.32. The van der Waals surface area contributed by atoms with E-state index in [4.69, 9.17) is 5.11 Å². The van der Waals surface area contributed by atoms with Gasteiger partial charge in [-0.3, -0.25) is 4.68 Å². The number of aryl methyl sites for hydroxylation is 1. The van der Waals surface area contributed by atoms with Crippen molar-refractivity contribution in [1.82, 2.24) is 15.1 Å². The van der Waals surface area contributed by atoms with Gasteiger partial charge in [0.25, 0.3) is 0 Å². The Morgan fingerprint density at radius 2 is 2.35 bits per heavy atom. The molecule has 2 N–H and O–H groups in total. The summed E-state index contributed by atoms with van der Waals surface area (Å²) in [6.45, 7) is 6.49. The van der Waals surface area contributed by atoms with Gasteiger partial charge in [0.1, 0.15) is 5.56 Å². The molecule has 17 heavy (non-hydrogen) atoms. The smallest absolute Gasteiger partial charge is 0.339 e. The topological polar surface area (TPSA) is 67.2 Å². The van der Waals surface area contributed by atoms with Gasteiger partial charge in [-0.2, -0.15) is 5.10 Å². The molecule has 1 aromatic rings. The summed E-state index contributed by atoms with van der Waals surface area (Å²) in [7, 11) is 0. The largest absolute Gasteiger partial charge is 0.478 e. The van der Waals surface area contributed by atoms with E-state index < -0.39 is 5.97 Å². The van der Waals surface area contributed by atoms with Gasteiger partial charge in [-0.1, -0.05) is 0 Å². The summed E-state index contributed by atoms with van der Waals surface area (Å²) in [4.78, 5) is 11.1. The number of carbonyl (C=O) groups is 1. The summed E-state index contributed by atoms with van der Waals surface area (Å²) in [6.07, 6.45) is 2.38. The van der Waals surface area contributed by atoms with Gasteiger partial charge in [0.15, 0.2) is 0 Å². The van der Waals surface area contributed by atoms with Crippen LogP contribution in [0.1, 0.15) is 34.6 Å². The quantitative estimate of drug-likeness (QED) is 0.829. The maximum Gasteiger partial charge on any atom is 0.339 e. The number of carboxylic acids is 1. The van der Waals surface area contributed by atoms with Crippen molar-refractivity contribution in [2.24, 2.45) is 5.92 Å². The van der Waals surface area contributed by atoms with E-state index in [1.165, 1.54) is 12.8 Å². The molecule has 0 aromatic carbocycles. The number of aromatic carboxylic acids is 1. The highest BCUT2D eigenvalue weighted by atomic mass is 16.4. The van der Waals surface area contributed by atoms with E-state index in [0.29, 0.717) is 17.2 Å². The third-order valence-electron chi connectivity index (χ3n) is 3.43. The zero-order chi connectivity index (χ0) is 12.4. The third kappa shape index (κ3) is 2.49. The molecule has 0 aliphatic carbocycles. The van der Waals surface area contributed by atoms with E-state index in [9.17, 15) is 4.79 Å². The molecule has 0 spiro atoms. The summed E-state index contributed by atoms with van der Waals surface area (Å²) < 4.78 is 1.84. The number of nitrogens with one attached hydrogen (secondary N) is 1. The molecule has 1 aliphatic rings. The van der Waals surface area contributed by atoms with Crippen LogP contribution >= 0.6 is 0 Å². The number of rotatable bonds is 3. The van der Waals surface area contributed by atoms with Crippen molar-refractivity contribution >= 4 is 5.97 Å². The van der Waals surface area contributed by atoms with E-state index in [2.05, 4.69) is 10.4 Å². The first kappa shape index (κ1) is 12.1. The molecular formula is C12H19N3O2. The molecule has 0 saturated carbocycles. The Morgan fingerprint density at radius 3 is 2.88 bits per heavy atom. The van der Waals surface area contributed by atoms with Crippen LogP contribution in [0.5, 0.6) is 0 Å². The fraction of sp³-hybridized carbons (Fsp3) is 0.667. The first-order chi connectivity index (χ1) is 8.09. The number of hydrogen-bond donors (Lipinski definition) is 2. The van der Waals surface area contributed by atoms with Crippen LogP contribution in [-0.4, -0.2) is 33.9 Å². The van der Waals surface area contributed by atoms with Crippen molar-refractivity contribution in [2.45, 2.75) is 33.2 Å². The van der Waals surface area contributed by atoms with Crippen molar-refractivity contribution in [3.8, 4) is 0 Å². The number of carboxylic acid groups (broad SMARTS) is 1. The Balaban J connectivity index is 2.15. The molecule has 1 unspecified atom stereocenters. The summed E-state index contributed by atoms with van der Waals surface area (Å²) in [5.41, 5.74) is 1.73. The second kappa shape index (κ2) is 4.87. The number of aromatic nitrogens is 2. The van der Waals surface area contributed by atoms with Gasteiger partial charge in [-0.05, 0) is 45.7 Å². The van der Waals surface area contributed by atoms with Crippen LogP contribution in [0.4, 0.5) is 0 Å². The van der Waals surface area contributed by atoms with E-state index in [0.717, 1.165) is 25.3 Å². The molecule has 1 saturated heterocycles. The second-order valence-electron chi connectivity index (χ2n) is 4.75. The average Bonchev–Trinajstić information content (AvgIpc) is 2.55. The molecule has 1 fully saturated rings. The molecule has 0 bridgehead atoms. The fourth-order valence-electron chi connectivity index (χ4n) is 2.51. The molecule has 0 amide bonds. The van der Waals surface area contributed by atoms with Gasteiger partial charge < -0.3 is 10.4 Å². The molecule has 1 aliphatic heterocycles. The number of hydrogen-bond acceptors (Lipinski definition) is 3. The van der Waals surface area contributed by atoms with Crippen LogP contribution in [0.3, 0.4) is 0 Å². The lowest BCUT2D eigenvalue weighted by Gasteiger charge is -2.23. The fourth-order valence-corrected chi connectivity index (χ4v) is 2.51. The van der Waals surface area contributed by atoms with Crippen molar-refractivity contribution in [1.29, 1.82) is 0 Å². The summed E-state index contributed by atoms with van der Waals surface area (Å²) >= 11 is 0. The number of piperidine rings is 1. The minimum Gasteiger partial charge on any atom is -0.478 e. The predicted molar refractivity (Wildman–Crippen MR) is 64.3 cm³/mol. The Kier molecular flexibility index (Phi) is 3.47. The average molecular weight is 237 g/mol. The molecule has 1 atom stereocenters. The van der Waals surface area contributed by atoms with Crippen molar-refractivity contribution in [3.05, 3.63) is 17.0 Å². The highest BCUT2D eigenvalue weighted by Crippen LogP contribution is 2.17. The molecule has 0 radical (unpaired) electrons. The molecule has 94 valence electrons. The highest BCUT2D eigenvalue weighted by Gasteiger charge is 2.20. The van der Waals surface area contributed by atoms with Crippen LogP contribution in [0, 0.1) is 19.8 Å². The molecular weight excluding hydrogens is 218 g/mol. The van der Waals surface area contributed by atoms with E-state index in [1.54, 1.807) is 6.92 Å². The SMILES string of the molecule is Cc1nn(CC2CCCNC2)c(C)c1C(=O)O. The van der Waals surface area contributed by atoms with Gasteiger partial charge in [-0.25, -0.2) is 4.79 Å². The van der Waals surface area contributed by atoms with Crippen molar-refractivity contribution in [3.63, 3.8) is 0 Å². The van der Waals surface area contributed by atoms with Gasteiger partial charge in [-0.15, -0.1) is 0 Å². The molecule has 2 heterocycles. The zero-order valence-corrected chi connectivity index (χ0v) is 10.4. The van der Waals surface area contributed by atoms with Crippen molar-refractivity contribution < 1.29 is 9.90 Å². The van der Waals surface area contributed by atoms with E-state index in [1.807, 2.05) is 11.6 Å². The maximum absolute atomic E-state index is 11.1. The Hall–Kier alpha value is -1.36. The Bertz CT molecular complexity index is 420. The van der Waals surface area contributed by atoms with Gasteiger partial charge in [0.05, 0.1) is 11.4 Å². The molecule has 2 rings (SSSR count). The maximum atomic E-state index is 11.1. The minimum absolute atomic E-state index is 0.355. The monoisotopic (exact) mass is 237 g/mol. The molecule has 5 heteroatoms. The first-order valence-corrected chi connectivity index (χ1v) is 6.07. The summed E-state index contributed by atoms with van der Waals surface area (Å²) in [5.74, 6) is -0.323. The van der Waals surface area contributed by atoms with Crippen LogP contribution in [0.15, 0.2) is 0 Å². The minimum atomic E-state index is -0.881. The first-order valence-electron chi connectivity index (χ1n) is 6.07. The second-order valence-corrected chi connectivity index (χ2v) is 4.75. The van der Waals surface area contributed by atoms with E-state index >= 15 is 0 Å².